The number of Topliss-reactive ketones (excluding diaryl/α,β-unsaturated/α-hetero) is 1. The maximum Gasteiger partial charge on any atom is 0.163 e. The van der Waals surface area contributed by atoms with E-state index in [0.717, 1.165) is 18.4 Å². The van der Waals surface area contributed by atoms with Crippen LogP contribution in [0, 0.1) is 6.92 Å². The van der Waals surface area contributed by atoms with Gasteiger partial charge in [-0.05, 0) is 25.3 Å². The van der Waals surface area contributed by atoms with Crippen molar-refractivity contribution >= 4 is 5.78 Å². The molecule has 0 aliphatic heterocycles. The van der Waals surface area contributed by atoms with Crippen LogP contribution in [-0.2, 0) is 6.42 Å². The van der Waals surface area contributed by atoms with Crippen LogP contribution in [0.1, 0.15) is 48.2 Å². The fourth-order valence-corrected chi connectivity index (χ4v) is 1.65. The summed E-state index contributed by atoms with van der Waals surface area (Å²) in [7, 11) is 0. The molecule has 1 nitrogen and oxygen atoms in total. The molecule has 0 fully saturated rings. The first-order valence-electron chi connectivity index (χ1n) is 5.31. The van der Waals surface area contributed by atoms with E-state index in [-0.39, 0.29) is 5.78 Å². The van der Waals surface area contributed by atoms with Gasteiger partial charge in [-0.1, -0.05) is 37.6 Å². The number of rotatable bonds is 4. The van der Waals surface area contributed by atoms with E-state index in [1.54, 1.807) is 0 Å². The molecule has 0 spiro atoms. The molecule has 0 bridgehead atoms. The lowest BCUT2D eigenvalue weighted by Gasteiger charge is -2.07. The molecule has 76 valence electrons. The van der Waals surface area contributed by atoms with E-state index in [2.05, 4.69) is 19.9 Å². The lowest BCUT2D eigenvalue weighted by Crippen LogP contribution is -2.03. The minimum Gasteiger partial charge on any atom is -0.294 e. The highest BCUT2D eigenvalue weighted by Gasteiger charge is 2.08. The lowest BCUT2D eigenvalue weighted by atomic mass is 9.97. The number of carbonyl (C=O) groups excluding carboxylic acids is 1. The van der Waals surface area contributed by atoms with Crippen molar-refractivity contribution in [2.75, 3.05) is 0 Å². The smallest absolute Gasteiger partial charge is 0.163 e. The molecule has 0 N–H and O–H groups in total. The van der Waals surface area contributed by atoms with Gasteiger partial charge in [-0.2, -0.15) is 0 Å². The van der Waals surface area contributed by atoms with E-state index in [4.69, 9.17) is 0 Å². The quantitative estimate of drug-likeness (QED) is 0.664. The van der Waals surface area contributed by atoms with Crippen LogP contribution in [0.15, 0.2) is 18.2 Å². The van der Waals surface area contributed by atoms with Gasteiger partial charge in [0.15, 0.2) is 5.78 Å². The minimum absolute atomic E-state index is 0.282. The molecule has 14 heavy (non-hydrogen) atoms. The SMILES string of the molecule is CCCC(=O)c1ccc(C)cc1CC. The third-order valence-corrected chi connectivity index (χ3v) is 2.42. The van der Waals surface area contributed by atoms with Gasteiger partial charge >= 0.3 is 0 Å². The summed E-state index contributed by atoms with van der Waals surface area (Å²) in [6.07, 6.45) is 2.53. The summed E-state index contributed by atoms with van der Waals surface area (Å²) in [5.74, 6) is 0.282. The molecular formula is C13H18O. The summed E-state index contributed by atoms with van der Waals surface area (Å²) in [6, 6.07) is 6.09. The molecule has 0 heterocycles. The second-order valence-corrected chi connectivity index (χ2v) is 3.69. The Morgan fingerprint density at radius 3 is 2.57 bits per heavy atom. The van der Waals surface area contributed by atoms with E-state index in [1.807, 2.05) is 19.1 Å². The average Bonchev–Trinajstić information content (AvgIpc) is 2.17. The predicted octanol–water partition coefficient (Wildman–Crippen LogP) is 3.54. The first-order chi connectivity index (χ1) is 6.69. The summed E-state index contributed by atoms with van der Waals surface area (Å²) >= 11 is 0. The van der Waals surface area contributed by atoms with Crippen molar-refractivity contribution < 1.29 is 4.79 Å². The first kappa shape index (κ1) is 11.0. The van der Waals surface area contributed by atoms with Gasteiger partial charge in [0, 0.05) is 12.0 Å². The Balaban J connectivity index is 3.01. The highest BCUT2D eigenvalue weighted by atomic mass is 16.1. The molecule has 1 heteroatoms. The first-order valence-corrected chi connectivity index (χ1v) is 5.31. The van der Waals surface area contributed by atoms with E-state index < -0.39 is 0 Å². The van der Waals surface area contributed by atoms with Crippen molar-refractivity contribution in [3.63, 3.8) is 0 Å². The van der Waals surface area contributed by atoms with Crippen molar-refractivity contribution in [3.05, 3.63) is 34.9 Å². The Bertz CT molecular complexity index is 326. The third-order valence-electron chi connectivity index (χ3n) is 2.42. The highest BCUT2D eigenvalue weighted by Crippen LogP contribution is 2.15. The number of hydrogen-bond donors (Lipinski definition) is 0. The van der Waals surface area contributed by atoms with Gasteiger partial charge in [0.05, 0.1) is 0 Å². The second-order valence-electron chi connectivity index (χ2n) is 3.69. The molecule has 0 radical (unpaired) electrons. The maximum absolute atomic E-state index is 11.7. The topological polar surface area (TPSA) is 17.1 Å². The third kappa shape index (κ3) is 2.44. The summed E-state index contributed by atoms with van der Waals surface area (Å²) in [4.78, 5) is 11.7. The molecule has 0 atom stereocenters. The fourth-order valence-electron chi connectivity index (χ4n) is 1.65. The fraction of sp³-hybridized carbons (Fsp3) is 0.462. The monoisotopic (exact) mass is 190 g/mol. The largest absolute Gasteiger partial charge is 0.294 e. The Morgan fingerprint density at radius 2 is 2.00 bits per heavy atom. The Hall–Kier alpha value is -1.11. The minimum atomic E-state index is 0.282. The number of carbonyl (C=O) groups is 1. The number of aryl methyl sites for hydroxylation is 2. The molecular weight excluding hydrogens is 172 g/mol. The van der Waals surface area contributed by atoms with Gasteiger partial charge in [0.1, 0.15) is 0 Å². The summed E-state index contributed by atoms with van der Waals surface area (Å²) in [5.41, 5.74) is 3.33. The van der Waals surface area contributed by atoms with Crippen LogP contribution in [0.4, 0.5) is 0 Å². The molecule has 0 aromatic heterocycles. The summed E-state index contributed by atoms with van der Waals surface area (Å²) in [6.45, 7) is 6.20. The van der Waals surface area contributed by atoms with Crippen LogP contribution in [0.3, 0.4) is 0 Å². The zero-order valence-corrected chi connectivity index (χ0v) is 9.26. The Labute approximate surface area is 86.1 Å². The van der Waals surface area contributed by atoms with E-state index >= 15 is 0 Å². The lowest BCUT2D eigenvalue weighted by molar-refractivity contribution is 0.0981. The van der Waals surface area contributed by atoms with Crippen molar-refractivity contribution in [1.82, 2.24) is 0 Å². The van der Waals surface area contributed by atoms with Crippen LogP contribution in [0.25, 0.3) is 0 Å². The van der Waals surface area contributed by atoms with E-state index in [9.17, 15) is 4.79 Å². The normalized spacial score (nSPS) is 10.2. The van der Waals surface area contributed by atoms with Crippen LogP contribution < -0.4 is 0 Å². The number of hydrogen-bond acceptors (Lipinski definition) is 1. The van der Waals surface area contributed by atoms with Gasteiger partial charge < -0.3 is 0 Å². The molecule has 0 saturated heterocycles. The molecule has 1 rings (SSSR count). The predicted molar refractivity (Wildman–Crippen MR) is 59.8 cm³/mol. The molecule has 0 saturated carbocycles. The van der Waals surface area contributed by atoms with Crippen molar-refractivity contribution in [2.45, 2.75) is 40.0 Å². The number of ketones is 1. The van der Waals surface area contributed by atoms with Gasteiger partial charge in [0.2, 0.25) is 0 Å². The van der Waals surface area contributed by atoms with Crippen molar-refractivity contribution in [3.8, 4) is 0 Å². The van der Waals surface area contributed by atoms with Crippen LogP contribution in [-0.4, -0.2) is 5.78 Å². The zero-order valence-electron chi connectivity index (χ0n) is 9.26. The molecule has 0 aliphatic carbocycles. The summed E-state index contributed by atoms with van der Waals surface area (Å²) < 4.78 is 0. The standard InChI is InChI=1S/C13H18O/c1-4-6-13(14)12-8-7-10(3)9-11(12)5-2/h7-9H,4-6H2,1-3H3. The molecule has 1 aromatic rings. The molecule has 0 amide bonds. The van der Waals surface area contributed by atoms with Gasteiger partial charge in [-0.25, -0.2) is 0 Å². The molecule has 1 aromatic carbocycles. The zero-order chi connectivity index (χ0) is 10.6. The van der Waals surface area contributed by atoms with Crippen molar-refractivity contribution in [2.24, 2.45) is 0 Å². The van der Waals surface area contributed by atoms with E-state index in [0.29, 0.717) is 6.42 Å². The maximum atomic E-state index is 11.7. The van der Waals surface area contributed by atoms with Gasteiger partial charge in [-0.15, -0.1) is 0 Å². The van der Waals surface area contributed by atoms with Crippen molar-refractivity contribution in [1.29, 1.82) is 0 Å². The van der Waals surface area contributed by atoms with Crippen LogP contribution in [0.2, 0.25) is 0 Å². The Morgan fingerprint density at radius 1 is 1.29 bits per heavy atom. The van der Waals surface area contributed by atoms with Gasteiger partial charge in [0.25, 0.3) is 0 Å². The van der Waals surface area contributed by atoms with E-state index in [1.165, 1.54) is 11.1 Å². The molecule has 0 unspecified atom stereocenters. The second kappa shape index (κ2) is 4.94. The highest BCUT2D eigenvalue weighted by molar-refractivity contribution is 5.97. The Kier molecular flexibility index (Phi) is 3.87. The van der Waals surface area contributed by atoms with Crippen LogP contribution in [0.5, 0.6) is 0 Å². The van der Waals surface area contributed by atoms with Gasteiger partial charge in [-0.3, -0.25) is 4.79 Å². The summed E-state index contributed by atoms with van der Waals surface area (Å²) in [5, 5.41) is 0. The molecule has 0 aliphatic rings. The number of benzene rings is 1. The average molecular weight is 190 g/mol. The van der Waals surface area contributed by atoms with Crippen LogP contribution >= 0.6 is 0 Å².